The first kappa shape index (κ1) is 12.1. The lowest BCUT2D eigenvalue weighted by atomic mass is 10.0. The lowest BCUT2D eigenvalue weighted by Gasteiger charge is -2.09. The molecule has 2 N–H and O–H groups in total. The van der Waals surface area contributed by atoms with Crippen molar-refractivity contribution in [3.05, 3.63) is 15.6 Å². The van der Waals surface area contributed by atoms with Crippen molar-refractivity contribution in [3.8, 4) is 0 Å². The highest BCUT2D eigenvalue weighted by Crippen LogP contribution is 2.39. The maximum absolute atomic E-state index is 5.83. The summed E-state index contributed by atoms with van der Waals surface area (Å²) >= 11 is 1.92. The van der Waals surface area contributed by atoms with Gasteiger partial charge in [-0.15, -0.1) is 11.3 Å². The zero-order chi connectivity index (χ0) is 11.5. The van der Waals surface area contributed by atoms with Gasteiger partial charge in [0.25, 0.3) is 0 Å². The fourth-order valence-electron chi connectivity index (χ4n) is 2.61. The molecule has 2 rings (SSSR count). The molecule has 1 heterocycles. The van der Waals surface area contributed by atoms with Crippen LogP contribution in [0.1, 0.15) is 66.4 Å². The lowest BCUT2D eigenvalue weighted by molar-refractivity contribution is 0.679. The van der Waals surface area contributed by atoms with Crippen LogP contribution in [0, 0.1) is 6.92 Å². The van der Waals surface area contributed by atoms with Crippen molar-refractivity contribution in [1.29, 1.82) is 0 Å². The molecule has 1 fully saturated rings. The van der Waals surface area contributed by atoms with Crippen molar-refractivity contribution in [2.75, 3.05) is 6.54 Å². The molecule has 0 amide bonds. The highest BCUT2D eigenvalue weighted by molar-refractivity contribution is 7.12. The molecule has 0 bridgehead atoms. The molecule has 1 aliphatic rings. The summed E-state index contributed by atoms with van der Waals surface area (Å²) in [4.78, 5) is 6.21. The Labute approximate surface area is 102 Å². The largest absolute Gasteiger partial charge is 0.330 e. The van der Waals surface area contributed by atoms with E-state index in [1.54, 1.807) is 0 Å². The van der Waals surface area contributed by atoms with Crippen LogP contribution in [0.2, 0.25) is 0 Å². The van der Waals surface area contributed by atoms with Gasteiger partial charge in [0.15, 0.2) is 0 Å². The van der Waals surface area contributed by atoms with Gasteiger partial charge in [-0.2, -0.15) is 0 Å². The molecule has 1 saturated carbocycles. The van der Waals surface area contributed by atoms with Gasteiger partial charge in [0.05, 0.1) is 10.7 Å². The first-order valence-electron chi connectivity index (χ1n) is 6.43. The quantitative estimate of drug-likeness (QED) is 0.871. The van der Waals surface area contributed by atoms with E-state index in [0.717, 1.165) is 18.9 Å². The van der Waals surface area contributed by atoms with E-state index in [9.17, 15) is 0 Å². The van der Waals surface area contributed by atoms with Crippen molar-refractivity contribution < 1.29 is 0 Å². The van der Waals surface area contributed by atoms with Crippen LogP contribution >= 0.6 is 11.3 Å². The Morgan fingerprint density at radius 2 is 2.12 bits per heavy atom. The summed E-state index contributed by atoms with van der Waals surface area (Å²) in [6, 6.07) is 0. The number of thiazole rings is 1. The van der Waals surface area contributed by atoms with E-state index in [0.29, 0.717) is 5.92 Å². The molecule has 1 atom stereocenters. The Balaban J connectivity index is 2.20. The van der Waals surface area contributed by atoms with E-state index < -0.39 is 0 Å². The minimum Gasteiger partial charge on any atom is -0.330 e. The molecular weight excluding hydrogens is 216 g/mol. The van der Waals surface area contributed by atoms with Crippen LogP contribution in [0.15, 0.2) is 0 Å². The second-order valence-electron chi connectivity index (χ2n) is 4.82. The molecule has 1 aromatic heterocycles. The Hall–Kier alpha value is -0.410. The highest BCUT2D eigenvalue weighted by atomic mass is 32.1. The minimum atomic E-state index is 0.521. The summed E-state index contributed by atoms with van der Waals surface area (Å²) in [5, 5.41) is 1.37. The van der Waals surface area contributed by atoms with Crippen molar-refractivity contribution in [2.45, 2.75) is 57.8 Å². The van der Waals surface area contributed by atoms with E-state index in [4.69, 9.17) is 10.7 Å². The van der Waals surface area contributed by atoms with Crippen molar-refractivity contribution in [1.82, 2.24) is 4.98 Å². The Morgan fingerprint density at radius 1 is 1.44 bits per heavy atom. The molecule has 0 saturated heterocycles. The summed E-state index contributed by atoms with van der Waals surface area (Å²) in [5.41, 5.74) is 7.05. The molecule has 2 nitrogen and oxygen atoms in total. The number of aryl methyl sites for hydroxylation is 1. The van der Waals surface area contributed by atoms with Crippen LogP contribution in [-0.4, -0.2) is 11.5 Å². The van der Waals surface area contributed by atoms with Crippen molar-refractivity contribution in [3.63, 3.8) is 0 Å². The normalized spacial score (nSPS) is 19.2. The third kappa shape index (κ3) is 2.30. The zero-order valence-corrected chi connectivity index (χ0v) is 11.1. The topological polar surface area (TPSA) is 38.9 Å². The van der Waals surface area contributed by atoms with Crippen LogP contribution in [0.4, 0.5) is 0 Å². The molecule has 0 radical (unpaired) electrons. The SMILES string of the molecule is CCC(CN)c1sc(C2CCCC2)nc1C. The third-order valence-electron chi connectivity index (χ3n) is 3.70. The van der Waals surface area contributed by atoms with E-state index in [-0.39, 0.29) is 0 Å². The molecule has 1 aromatic rings. The molecule has 0 spiro atoms. The van der Waals surface area contributed by atoms with E-state index in [1.165, 1.54) is 41.3 Å². The van der Waals surface area contributed by atoms with Gasteiger partial charge in [0, 0.05) is 23.3 Å². The standard InChI is InChI=1S/C13H22N2S/c1-3-10(8-14)12-9(2)15-13(16-12)11-6-4-5-7-11/h10-11H,3-8,14H2,1-2H3. The molecule has 0 aliphatic heterocycles. The Bertz CT molecular complexity index is 336. The molecule has 1 unspecified atom stereocenters. The average molecular weight is 238 g/mol. The van der Waals surface area contributed by atoms with Gasteiger partial charge < -0.3 is 5.73 Å². The van der Waals surface area contributed by atoms with E-state index in [2.05, 4.69) is 13.8 Å². The second-order valence-corrected chi connectivity index (χ2v) is 5.89. The van der Waals surface area contributed by atoms with Crippen LogP contribution in [0.5, 0.6) is 0 Å². The van der Waals surface area contributed by atoms with Gasteiger partial charge in [-0.05, 0) is 26.2 Å². The second kappa shape index (κ2) is 5.28. The summed E-state index contributed by atoms with van der Waals surface area (Å²) in [6.07, 6.45) is 6.57. The van der Waals surface area contributed by atoms with E-state index >= 15 is 0 Å². The molecular formula is C13H22N2S. The number of rotatable bonds is 4. The summed E-state index contributed by atoms with van der Waals surface area (Å²) < 4.78 is 0. The van der Waals surface area contributed by atoms with Gasteiger partial charge in [-0.3, -0.25) is 0 Å². The first-order chi connectivity index (χ1) is 7.76. The van der Waals surface area contributed by atoms with Gasteiger partial charge in [0.1, 0.15) is 0 Å². The van der Waals surface area contributed by atoms with Crippen LogP contribution in [-0.2, 0) is 0 Å². The Morgan fingerprint density at radius 3 is 2.69 bits per heavy atom. The Kier molecular flexibility index (Phi) is 3.98. The van der Waals surface area contributed by atoms with Gasteiger partial charge in [0.2, 0.25) is 0 Å². The van der Waals surface area contributed by atoms with Gasteiger partial charge in [-0.25, -0.2) is 4.98 Å². The van der Waals surface area contributed by atoms with Crippen molar-refractivity contribution in [2.24, 2.45) is 5.73 Å². The molecule has 3 heteroatoms. The first-order valence-corrected chi connectivity index (χ1v) is 7.25. The minimum absolute atomic E-state index is 0.521. The van der Waals surface area contributed by atoms with E-state index in [1.807, 2.05) is 11.3 Å². The maximum atomic E-state index is 5.83. The van der Waals surface area contributed by atoms with Gasteiger partial charge >= 0.3 is 0 Å². The highest BCUT2D eigenvalue weighted by Gasteiger charge is 2.23. The van der Waals surface area contributed by atoms with Crippen molar-refractivity contribution >= 4 is 11.3 Å². The predicted molar refractivity (Wildman–Crippen MR) is 70.1 cm³/mol. The molecule has 1 aliphatic carbocycles. The number of nitrogens with zero attached hydrogens (tertiary/aromatic N) is 1. The zero-order valence-electron chi connectivity index (χ0n) is 10.3. The lowest BCUT2D eigenvalue weighted by Crippen LogP contribution is -2.11. The number of aromatic nitrogens is 1. The van der Waals surface area contributed by atoms with Crippen LogP contribution < -0.4 is 5.73 Å². The fourth-order valence-corrected chi connectivity index (χ4v) is 4.05. The summed E-state index contributed by atoms with van der Waals surface area (Å²) in [7, 11) is 0. The molecule has 0 aromatic carbocycles. The monoisotopic (exact) mass is 238 g/mol. The summed E-state index contributed by atoms with van der Waals surface area (Å²) in [6.45, 7) is 5.11. The van der Waals surface area contributed by atoms with Crippen LogP contribution in [0.3, 0.4) is 0 Å². The average Bonchev–Trinajstić information content (AvgIpc) is 2.90. The summed E-state index contributed by atoms with van der Waals surface area (Å²) in [5.74, 6) is 1.26. The van der Waals surface area contributed by atoms with Gasteiger partial charge in [-0.1, -0.05) is 19.8 Å². The predicted octanol–water partition coefficient (Wildman–Crippen LogP) is 3.56. The number of nitrogens with two attached hydrogens (primary N) is 1. The molecule has 16 heavy (non-hydrogen) atoms. The fraction of sp³-hybridized carbons (Fsp3) is 0.769. The third-order valence-corrected chi connectivity index (χ3v) is 5.18. The number of hydrogen-bond acceptors (Lipinski definition) is 3. The maximum Gasteiger partial charge on any atom is 0.0961 e. The molecule has 90 valence electrons. The number of hydrogen-bond donors (Lipinski definition) is 1. The van der Waals surface area contributed by atoms with Crippen LogP contribution in [0.25, 0.3) is 0 Å². The smallest absolute Gasteiger partial charge is 0.0961 e.